The van der Waals surface area contributed by atoms with Crippen LogP contribution in [0.15, 0.2) is 134 Å². The molecule has 1 atom stereocenters. The summed E-state index contributed by atoms with van der Waals surface area (Å²) in [5.41, 5.74) is -4.02. The van der Waals surface area contributed by atoms with Crippen molar-refractivity contribution in [1.82, 2.24) is 4.90 Å². The van der Waals surface area contributed by atoms with E-state index in [1.807, 2.05) is 35.2 Å². The minimum atomic E-state index is -5.76. The molecule has 6 rings (SSSR count). The molecule has 0 fully saturated rings. The number of amides is 1. The summed E-state index contributed by atoms with van der Waals surface area (Å²) >= 11 is 0. The third-order valence-electron chi connectivity index (χ3n) is 8.54. The second kappa shape index (κ2) is 13.3. The fourth-order valence-electron chi connectivity index (χ4n) is 5.85. The molecule has 0 aromatic heterocycles. The maximum absolute atomic E-state index is 14.8. The Kier molecular flexibility index (Phi) is 9.13. The van der Waals surface area contributed by atoms with E-state index in [1.54, 1.807) is 0 Å². The molecule has 1 N–H and O–H groups in total. The van der Waals surface area contributed by atoms with Crippen molar-refractivity contribution in [2.45, 2.75) is 36.8 Å². The Morgan fingerprint density at radius 1 is 0.820 bits per heavy atom. The molecule has 1 amide bonds. The van der Waals surface area contributed by atoms with Crippen molar-refractivity contribution in [3.05, 3.63) is 150 Å². The van der Waals surface area contributed by atoms with Gasteiger partial charge in [0.05, 0.1) is 5.70 Å². The van der Waals surface area contributed by atoms with Crippen LogP contribution < -0.4 is 19.5 Å². The van der Waals surface area contributed by atoms with E-state index in [4.69, 9.17) is 14.2 Å². The molecule has 6 nitrogen and oxygen atoms in total. The molecule has 0 saturated heterocycles. The third-order valence-corrected chi connectivity index (χ3v) is 8.54. The number of hydrogen-bond donors (Lipinski definition) is 1. The van der Waals surface area contributed by atoms with Gasteiger partial charge in [0, 0.05) is 29.8 Å². The number of nitrogens with zero attached hydrogens (tertiary/aromatic N) is 1. The van der Waals surface area contributed by atoms with E-state index < -0.39 is 40.9 Å². The topological polar surface area (TPSA) is 60.0 Å². The number of hydrogen-bond acceptors (Lipinski definition) is 5. The van der Waals surface area contributed by atoms with Crippen LogP contribution in [-0.4, -0.2) is 36.0 Å². The molecule has 1 aliphatic heterocycles. The fraction of sp³-hybridized carbons (Fsp3) is 0.184. The van der Waals surface area contributed by atoms with Crippen molar-refractivity contribution in [1.29, 1.82) is 0 Å². The lowest BCUT2D eigenvalue weighted by Crippen LogP contribution is -2.54. The van der Waals surface area contributed by atoms with Gasteiger partial charge in [-0.3, -0.25) is 4.79 Å². The highest BCUT2D eigenvalue weighted by molar-refractivity contribution is 6.05. The van der Waals surface area contributed by atoms with Gasteiger partial charge in [-0.15, -0.1) is 0 Å². The van der Waals surface area contributed by atoms with E-state index in [2.05, 4.69) is 18.5 Å². The van der Waals surface area contributed by atoms with Crippen molar-refractivity contribution in [3.8, 4) is 23.0 Å². The Hall–Kier alpha value is -5.65. The first-order chi connectivity index (χ1) is 23.8. The first kappa shape index (κ1) is 34.2. The molecule has 2 aliphatic rings. The molecule has 1 heterocycles. The normalized spacial score (nSPS) is 15.8. The monoisotopic (exact) mass is 692 g/mol. The average molecular weight is 693 g/mol. The lowest BCUT2D eigenvalue weighted by Gasteiger charge is -2.40. The minimum absolute atomic E-state index is 0.000446. The third kappa shape index (κ3) is 6.52. The number of carbonyl (C=O) groups excluding carboxylic acids is 1. The molecule has 4 aromatic carbocycles. The van der Waals surface area contributed by atoms with Gasteiger partial charge in [0.15, 0.2) is 6.73 Å². The van der Waals surface area contributed by atoms with Gasteiger partial charge in [-0.25, -0.2) is 0 Å². The van der Waals surface area contributed by atoms with E-state index in [0.717, 1.165) is 65.5 Å². The number of anilines is 1. The summed E-state index contributed by atoms with van der Waals surface area (Å²) in [6.45, 7) is 7.88. The lowest BCUT2D eigenvalue weighted by atomic mass is 9.73. The van der Waals surface area contributed by atoms with Crippen molar-refractivity contribution >= 4 is 11.6 Å². The average Bonchev–Trinajstić information content (AvgIpc) is 3.07. The maximum atomic E-state index is 14.8. The number of rotatable bonds is 10. The SMILES string of the molecule is C=CC(=C)C(=O)Nc1ccc(Oc2ccc(C(c3ccc(O[C@@H]4CC=C4N4COc5ccccc5C4)cc3)(C(F)(F)F)C(F)(F)F)cc2)cc1. The van der Waals surface area contributed by atoms with Crippen LogP contribution in [-0.2, 0) is 16.8 Å². The van der Waals surface area contributed by atoms with E-state index in [-0.39, 0.29) is 29.6 Å². The van der Waals surface area contributed by atoms with Gasteiger partial charge in [0.25, 0.3) is 5.91 Å². The highest BCUT2D eigenvalue weighted by Crippen LogP contribution is 2.56. The molecular weight excluding hydrogens is 662 g/mol. The number of halogens is 6. The van der Waals surface area contributed by atoms with Crippen molar-refractivity contribution in [3.63, 3.8) is 0 Å². The number of nitrogens with one attached hydrogen (secondary N) is 1. The van der Waals surface area contributed by atoms with Gasteiger partial charge in [-0.2, -0.15) is 26.3 Å². The first-order valence-corrected chi connectivity index (χ1v) is 15.4. The molecule has 0 unspecified atom stereocenters. The number of benzene rings is 4. The fourth-order valence-corrected chi connectivity index (χ4v) is 5.85. The Bertz CT molecular complexity index is 1900. The van der Waals surface area contributed by atoms with Crippen LogP contribution in [0.3, 0.4) is 0 Å². The molecule has 50 heavy (non-hydrogen) atoms. The summed E-state index contributed by atoms with van der Waals surface area (Å²) in [7, 11) is 0. The first-order valence-electron chi connectivity index (χ1n) is 15.4. The lowest BCUT2D eigenvalue weighted by molar-refractivity contribution is -0.288. The van der Waals surface area contributed by atoms with Gasteiger partial charge < -0.3 is 24.4 Å². The Balaban J connectivity index is 1.19. The smallest absolute Gasteiger partial charge is 0.411 e. The second-order valence-electron chi connectivity index (χ2n) is 11.7. The number of fused-ring (bicyclic) bond motifs is 1. The van der Waals surface area contributed by atoms with Gasteiger partial charge in [-0.1, -0.05) is 67.8 Å². The second-order valence-corrected chi connectivity index (χ2v) is 11.7. The van der Waals surface area contributed by atoms with Crippen LogP contribution in [0.1, 0.15) is 23.1 Å². The summed E-state index contributed by atoms with van der Waals surface area (Å²) in [5.74, 6) is 0.667. The summed E-state index contributed by atoms with van der Waals surface area (Å²) in [4.78, 5) is 13.9. The Labute approximate surface area is 283 Å². The van der Waals surface area contributed by atoms with Crippen LogP contribution in [0.2, 0.25) is 0 Å². The van der Waals surface area contributed by atoms with E-state index in [1.165, 1.54) is 30.3 Å². The van der Waals surface area contributed by atoms with Crippen LogP contribution in [0.25, 0.3) is 0 Å². The van der Waals surface area contributed by atoms with E-state index in [9.17, 15) is 31.1 Å². The van der Waals surface area contributed by atoms with Crippen LogP contribution in [0.5, 0.6) is 23.0 Å². The summed E-state index contributed by atoms with van der Waals surface area (Å²) in [6.07, 6.45) is -8.21. The summed E-state index contributed by atoms with van der Waals surface area (Å²) in [6, 6.07) is 21.0. The molecule has 0 radical (unpaired) electrons. The predicted octanol–water partition coefficient (Wildman–Crippen LogP) is 9.46. The number of para-hydroxylation sites is 1. The quantitative estimate of drug-likeness (QED) is 0.102. The van der Waals surface area contributed by atoms with Crippen molar-refractivity contribution in [2.75, 3.05) is 12.0 Å². The van der Waals surface area contributed by atoms with E-state index in [0.29, 0.717) is 18.7 Å². The van der Waals surface area contributed by atoms with Crippen molar-refractivity contribution < 1.29 is 45.3 Å². The van der Waals surface area contributed by atoms with Gasteiger partial charge >= 0.3 is 12.4 Å². The standard InChI is InChI=1S/C38H30F6N2O4/c1-3-24(2)35(47)45-28-12-18-30(19-13-28)49-29-14-8-26(9-15-29)36(37(39,40)41,38(42,43)44)27-10-16-31(17-11-27)50-34-21-20-32(34)46-22-25-6-4-5-7-33(25)48-23-46/h3-20,34H,1-2,21-23H2,(H,45,47)/t34-/m1/s1. The van der Waals surface area contributed by atoms with Crippen molar-refractivity contribution in [2.24, 2.45) is 0 Å². The molecule has 0 spiro atoms. The molecule has 258 valence electrons. The summed E-state index contributed by atoms with van der Waals surface area (Å²) in [5, 5.41) is 2.59. The largest absolute Gasteiger partial charge is 0.484 e. The zero-order valence-electron chi connectivity index (χ0n) is 26.4. The molecule has 0 saturated carbocycles. The molecular formula is C38H30F6N2O4. The molecule has 1 aliphatic carbocycles. The number of alkyl halides is 6. The maximum Gasteiger partial charge on any atom is 0.411 e. The predicted molar refractivity (Wildman–Crippen MR) is 175 cm³/mol. The summed E-state index contributed by atoms with van der Waals surface area (Å²) < 4.78 is 106. The minimum Gasteiger partial charge on any atom is -0.484 e. The molecule has 0 bridgehead atoms. The van der Waals surface area contributed by atoms with Crippen LogP contribution in [0, 0.1) is 0 Å². The molecule has 4 aromatic rings. The van der Waals surface area contributed by atoms with Gasteiger partial charge in [0.1, 0.15) is 29.1 Å². The highest BCUT2D eigenvalue weighted by Gasteiger charge is 2.72. The number of carbonyl (C=O) groups is 1. The van der Waals surface area contributed by atoms with Crippen LogP contribution in [0.4, 0.5) is 32.0 Å². The van der Waals surface area contributed by atoms with E-state index >= 15 is 0 Å². The zero-order chi connectivity index (χ0) is 35.7. The Morgan fingerprint density at radius 2 is 1.38 bits per heavy atom. The number of ether oxygens (including phenoxy) is 3. The van der Waals surface area contributed by atoms with Gasteiger partial charge in [-0.05, 0) is 65.7 Å². The Morgan fingerprint density at radius 3 is 1.92 bits per heavy atom. The molecule has 12 heteroatoms. The van der Waals surface area contributed by atoms with Crippen LogP contribution >= 0.6 is 0 Å². The zero-order valence-corrected chi connectivity index (χ0v) is 26.4. The highest BCUT2D eigenvalue weighted by atomic mass is 19.4. The van der Waals surface area contributed by atoms with Gasteiger partial charge in [0.2, 0.25) is 5.41 Å².